The van der Waals surface area contributed by atoms with Crippen LogP contribution < -0.4 is 10.3 Å². The van der Waals surface area contributed by atoms with Crippen molar-refractivity contribution >= 4 is 28.5 Å². The maximum atomic E-state index is 11.6. The Balaban J connectivity index is 2.85. The van der Waals surface area contributed by atoms with Crippen molar-refractivity contribution in [2.75, 3.05) is 14.2 Å². The number of aromatic nitrogens is 1. The third kappa shape index (κ3) is 1.93. The predicted octanol–water partition coefficient (Wildman–Crippen LogP) is 1.98. The van der Waals surface area contributed by atoms with Gasteiger partial charge in [-0.25, -0.2) is 4.79 Å². The van der Waals surface area contributed by atoms with Crippen molar-refractivity contribution in [1.82, 2.24) is 4.98 Å². The molecule has 5 nitrogen and oxygen atoms in total. The van der Waals surface area contributed by atoms with Crippen LogP contribution >= 0.6 is 11.6 Å². The van der Waals surface area contributed by atoms with Gasteiger partial charge in [0.1, 0.15) is 10.6 Å². The molecule has 0 unspecified atom stereocenters. The first-order chi connectivity index (χ1) is 8.58. The Bertz CT molecular complexity index is 678. The quantitative estimate of drug-likeness (QED) is 0.845. The van der Waals surface area contributed by atoms with Crippen LogP contribution in [0, 0.1) is 0 Å². The van der Waals surface area contributed by atoms with E-state index in [1.807, 2.05) is 0 Å². The first-order valence-electron chi connectivity index (χ1n) is 5.06. The van der Waals surface area contributed by atoms with Crippen LogP contribution in [0.4, 0.5) is 0 Å². The second-order valence-corrected chi connectivity index (χ2v) is 3.93. The molecule has 1 aromatic heterocycles. The number of methoxy groups -OCH3 is 2. The van der Waals surface area contributed by atoms with Crippen molar-refractivity contribution in [3.05, 3.63) is 39.1 Å². The molecule has 0 saturated heterocycles. The van der Waals surface area contributed by atoms with Crippen molar-refractivity contribution in [3.8, 4) is 5.75 Å². The van der Waals surface area contributed by atoms with E-state index in [2.05, 4.69) is 9.72 Å². The lowest BCUT2D eigenvalue weighted by Crippen LogP contribution is -2.07. The van der Waals surface area contributed by atoms with Crippen LogP contribution in [0.5, 0.6) is 5.75 Å². The van der Waals surface area contributed by atoms with E-state index in [9.17, 15) is 9.59 Å². The van der Waals surface area contributed by atoms with Crippen molar-refractivity contribution in [2.24, 2.45) is 0 Å². The number of halogens is 1. The molecule has 6 heteroatoms. The van der Waals surface area contributed by atoms with E-state index in [0.29, 0.717) is 10.9 Å². The summed E-state index contributed by atoms with van der Waals surface area (Å²) in [5.74, 6) is -0.375. The minimum atomic E-state index is -0.554. The second kappa shape index (κ2) is 4.70. The van der Waals surface area contributed by atoms with E-state index >= 15 is 0 Å². The molecule has 1 heterocycles. The van der Waals surface area contributed by atoms with Gasteiger partial charge in [-0.15, -0.1) is 0 Å². The molecule has 0 aliphatic heterocycles. The van der Waals surface area contributed by atoms with Crippen LogP contribution in [0.3, 0.4) is 0 Å². The van der Waals surface area contributed by atoms with E-state index < -0.39 is 5.97 Å². The van der Waals surface area contributed by atoms with Gasteiger partial charge in [-0.3, -0.25) is 4.79 Å². The topological polar surface area (TPSA) is 68.4 Å². The van der Waals surface area contributed by atoms with E-state index in [0.717, 1.165) is 0 Å². The molecule has 1 N–H and O–H groups in total. The Kier molecular flexibility index (Phi) is 3.25. The van der Waals surface area contributed by atoms with E-state index in [1.165, 1.54) is 20.3 Å². The first-order valence-corrected chi connectivity index (χ1v) is 5.44. The fourth-order valence-corrected chi connectivity index (χ4v) is 2.04. The average Bonchev–Trinajstić information content (AvgIpc) is 2.38. The Hall–Kier alpha value is -2.01. The number of nitrogens with one attached hydrogen (secondary N) is 1. The molecule has 2 aromatic rings. The highest BCUT2D eigenvalue weighted by Crippen LogP contribution is 2.35. The highest BCUT2D eigenvalue weighted by molar-refractivity contribution is 6.37. The molecular weight excluding hydrogens is 258 g/mol. The number of rotatable bonds is 2. The first kappa shape index (κ1) is 12.4. The van der Waals surface area contributed by atoms with Gasteiger partial charge in [0.2, 0.25) is 5.56 Å². The Morgan fingerprint density at radius 3 is 2.67 bits per heavy atom. The predicted molar refractivity (Wildman–Crippen MR) is 67.5 cm³/mol. The molecule has 94 valence electrons. The molecule has 0 spiro atoms. The lowest BCUT2D eigenvalue weighted by Gasteiger charge is -2.11. The van der Waals surface area contributed by atoms with Gasteiger partial charge in [0.05, 0.1) is 19.7 Å². The minimum absolute atomic E-state index is 0.174. The van der Waals surface area contributed by atoms with Crippen LogP contribution in [0.25, 0.3) is 10.9 Å². The molecule has 0 fully saturated rings. The number of aromatic amines is 1. The molecule has 1 aromatic carbocycles. The second-order valence-electron chi connectivity index (χ2n) is 3.55. The number of carbonyl (C=O) groups excluding carboxylic acids is 1. The van der Waals surface area contributed by atoms with E-state index in [-0.39, 0.29) is 21.9 Å². The normalized spacial score (nSPS) is 10.4. The van der Waals surface area contributed by atoms with Crippen molar-refractivity contribution in [3.63, 3.8) is 0 Å². The molecule has 0 atom stereocenters. The molecular formula is C12H10ClNO4. The van der Waals surface area contributed by atoms with Crippen LogP contribution in [0.2, 0.25) is 5.02 Å². The van der Waals surface area contributed by atoms with E-state index in [4.69, 9.17) is 16.3 Å². The van der Waals surface area contributed by atoms with Gasteiger partial charge >= 0.3 is 5.97 Å². The Morgan fingerprint density at radius 2 is 2.06 bits per heavy atom. The number of esters is 1. The minimum Gasteiger partial charge on any atom is -0.494 e. The van der Waals surface area contributed by atoms with Crippen LogP contribution in [-0.4, -0.2) is 25.2 Å². The van der Waals surface area contributed by atoms with Crippen molar-refractivity contribution in [2.45, 2.75) is 0 Å². The van der Waals surface area contributed by atoms with Crippen molar-refractivity contribution in [1.29, 1.82) is 0 Å². The maximum absolute atomic E-state index is 11.6. The number of hydrogen-bond donors (Lipinski definition) is 1. The number of ether oxygens (including phenoxy) is 2. The summed E-state index contributed by atoms with van der Waals surface area (Å²) < 4.78 is 9.75. The molecule has 0 aliphatic carbocycles. The monoisotopic (exact) mass is 267 g/mol. The zero-order valence-electron chi connectivity index (χ0n) is 9.74. The lowest BCUT2D eigenvalue weighted by atomic mass is 10.1. The Morgan fingerprint density at radius 1 is 1.33 bits per heavy atom. The van der Waals surface area contributed by atoms with Crippen LogP contribution in [0.15, 0.2) is 23.0 Å². The van der Waals surface area contributed by atoms with Gasteiger partial charge in [0.25, 0.3) is 0 Å². The summed E-state index contributed by atoms with van der Waals surface area (Å²) in [6, 6.07) is 4.49. The summed E-state index contributed by atoms with van der Waals surface area (Å²) in [5.41, 5.74) is 0.357. The smallest absolute Gasteiger partial charge is 0.341 e. The molecule has 0 aliphatic rings. The lowest BCUT2D eigenvalue weighted by molar-refractivity contribution is 0.0597. The van der Waals surface area contributed by atoms with Gasteiger partial charge in [0, 0.05) is 11.5 Å². The standard InChI is InChI=1S/C12H10ClNO4/c1-17-11-7(12(16)18-2)5-6-3-4-8(15)14-10(6)9(11)13/h3-5H,1-2H3,(H,14,15). The fraction of sp³-hybridized carbons (Fsp3) is 0.167. The maximum Gasteiger partial charge on any atom is 0.341 e. The van der Waals surface area contributed by atoms with Gasteiger partial charge in [0.15, 0.2) is 5.75 Å². The Labute approximate surface area is 107 Å². The molecule has 0 saturated carbocycles. The molecule has 18 heavy (non-hydrogen) atoms. The summed E-state index contributed by atoms with van der Waals surface area (Å²) in [6.07, 6.45) is 0. The van der Waals surface area contributed by atoms with Gasteiger partial charge in [-0.2, -0.15) is 0 Å². The number of H-pyrrole nitrogens is 1. The molecule has 0 radical (unpaired) electrons. The third-order valence-electron chi connectivity index (χ3n) is 2.52. The molecule has 0 bridgehead atoms. The summed E-state index contributed by atoms with van der Waals surface area (Å²) in [6.45, 7) is 0. The average molecular weight is 268 g/mol. The SMILES string of the molecule is COC(=O)c1cc2ccc(=O)[nH]c2c(Cl)c1OC. The van der Waals surface area contributed by atoms with E-state index in [1.54, 1.807) is 12.1 Å². The summed E-state index contributed by atoms with van der Waals surface area (Å²) in [4.78, 5) is 25.5. The number of benzene rings is 1. The number of hydrogen-bond acceptors (Lipinski definition) is 4. The van der Waals surface area contributed by atoms with Crippen molar-refractivity contribution < 1.29 is 14.3 Å². The summed E-state index contributed by atoms with van der Waals surface area (Å²) in [7, 11) is 2.66. The highest BCUT2D eigenvalue weighted by Gasteiger charge is 2.19. The number of fused-ring (bicyclic) bond motifs is 1. The fourth-order valence-electron chi connectivity index (χ4n) is 1.70. The zero-order chi connectivity index (χ0) is 13.3. The zero-order valence-corrected chi connectivity index (χ0v) is 10.5. The van der Waals surface area contributed by atoms with Crippen LogP contribution in [0.1, 0.15) is 10.4 Å². The molecule has 0 amide bonds. The number of pyridine rings is 1. The van der Waals surface area contributed by atoms with Gasteiger partial charge < -0.3 is 14.5 Å². The summed E-state index contributed by atoms with van der Waals surface area (Å²) in [5, 5.41) is 0.800. The summed E-state index contributed by atoms with van der Waals surface area (Å²) >= 11 is 6.12. The van der Waals surface area contributed by atoms with Gasteiger partial charge in [-0.05, 0) is 12.1 Å². The largest absolute Gasteiger partial charge is 0.494 e. The molecule has 2 rings (SSSR count). The number of carbonyl (C=O) groups is 1. The van der Waals surface area contributed by atoms with Gasteiger partial charge in [-0.1, -0.05) is 11.6 Å². The van der Waals surface area contributed by atoms with Crippen LogP contribution in [-0.2, 0) is 4.74 Å². The third-order valence-corrected chi connectivity index (χ3v) is 2.88. The highest BCUT2D eigenvalue weighted by atomic mass is 35.5.